The van der Waals surface area contributed by atoms with Gasteiger partial charge in [0.2, 0.25) is 0 Å². The van der Waals surface area contributed by atoms with Gasteiger partial charge in [-0.2, -0.15) is 0 Å². The zero-order valence-electron chi connectivity index (χ0n) is 23.3. The van der Waals surface area contributed by atoms with Crippen LogP contribution in [0.1, 0.15) is 22.3 Å². The molecule has 1 aromatic heterocycles. The lowest BCUT2D eigenvalue weighted by Crippen LogP contribution is -2.30. The minimum atomic E-state index is -0.585. The van der Waals surface area contributed by atoms with Crippen molar-refractivity contribution >= 4 is 28.9 Å². The summed E-state index contributed by atoms with van der Waals surface area (Å²) in [5.41, 5.74) is 6.64. The predicted molar refractivity (Wildman–Crippen MR) is 157 cm³/mol. The number of fused-ring (bicyclic) bond motifs is 1. The van der Waals surface area contributed by atoms with Crippen LogP contribution in [0.2, 0.25) is 0 Å². The molecule has 41 heavy (non-hydrogen) atoms. The molecule has 0 saturated heterocycles. The molecule has 214 valence electrons. The van der Waals surface area contributed by atoms with Crippen LogP contribution in [0.15, 0.2) is 79.0 Å². The van der Waals surface area contributed by atoms with E-state index < -0.39 is 5.91 Å². The summed E-state index contributed by atoms with van der Waals surface area (Å²) < 4.78 is 16.2. The maximum absolute atomic E-state index is 12.6. The van der Waals surface area contributed by atoms with Gasteiger partial charge in [0.15, 0.2) is 11.5 Å². The summed E-state index contributed by atoms with van der Waals surface area (Å²) >= 11 is 0. The molecule has 9 nitrogen and oxygen atoms in total. The van der Waals surface area contributed by atoms with E-state index in [0.29, 0.717) is 24.6 Å². The van der Waals surface area contributed by atoms with E-state index in [9.17, 15) is 9.59 Å². The number of hydrogen-bond donors (Lipinski definition) is 3. The number of carbonyl (C=O) groups excluding carboxylic acids is 2. The second kappa shape index (κ2) is 14.7. The van der Waals surface area contributed by atoms with Crippen molar-refractivity contribution in [1.29, 1.82) is 0 Å². The molecule has 0 aliphatic carbocycles. The lowest BCUT2D eigenvalue weighted by Gasteiger charge is -2.22. The van der Waals surface area contributed by atoms with Crippen molar-refractivity contribution in [2.75, 3.05) is 33.9 Å². The molecule has 0 bridgehead atoms. The van der Waals surface area contributed by atoms with Crippen LogP contribution in [0.4, 0.5) is 0 Å². The smallest absolute Gasteiger partial charge is 0.310 e. The number of benzene rings is 3. The van der Waals surface area contributed by atoms with Crippen LogP contribution in [0, 0.1) is 0 Å². The van der Waals surface area contributed by atoms with E-state index in [0.717, 1.165) is 35.2 Å². The third-order valence-electron chi connectivity index (χ3n) is 6.76. The number of ether oxygens (including phenoxy) is 3. The third kappa shape index (κ3) is 8.44. The molecule has 0 radical (unpaired) electrons. The summed E-state index contributed by atoms with van der Waals surface area (Å²) in [5, 5.41) is 9.86. The standard InChI is InChI=1S/C32H35N3O6/c1-39-29-13-11-25(19-30(29)40-2)20-32(37)41-18-17-35(16-15-26-21-33-28-6-4-3-5-27(26)28)22-24-9-7-23(8-10-24)12-14-31(36)34-38/h3-14,19,21,33,38H,15-18,20,22H2,1-2H3,(H,34,36)/b14-12+. The normalized spacial score (nSPS) is 11.2. The molecule has 1 amide bonds. The Morgan fingerprint density at radius 2 is 1.71 bits per heavy atom. The van der Waals surface area contributed by atoms with E-state index in [2.05, 4.69) is 28.2 Å². The number of esters is 1. The molecule has 0 spiro atoms. The lowest BCUT2D eigenvalue weighted by molar-refractivity contribution is -0.143. The Labute approximate surface area is 239 Å². The van der Waals surface area contributed by atoms with E-state index in [1.807, 2.05) is 42.5 Å². The molecule has 0 aliphatic heterocycles. The van der Waals surface area contributed by atoms with Gasteiger partial charge in [-0.25, -0.2) is 5.48 Å². The topological polar surface area (TPSA) is 113 Å². The van der Waals surface area contributed by atoms with Crippen LogP contribution in [0.25, 0.3) is 17.0 Å². The van der Waals surface area contributed by atoms with E-state index >= 15 is 0 Å². The Morgan fingerprint density at radius 3 is 2.46 bits per heavy atom. The highest BCUT2D eigenvalue weighted by atomic mass is 16.5. The highest BCUT2D eigenvalue weighted by Crippen LogP contribution is 2.27. The summed E-state index contributed by atoms with van der Waals surface area (Å²) in [6.45, 7) is 2.26. The fourth-order valence-corrected chi connectivity index (χ4v) is 4.59. The molecule has 1 heterocycles. The largest absolute Gasteiger partial charge is 0.493 e. The molecule has 4 aromatic rings. The predicted octanol–water partition coefficient (Wildman–Crippen LogP) is 4.53. The number of nitrogens with zero attached hydrogens (tertiary/aromatic N) is 1. The Kier molecular flexibility index (Phi) is 10.5. The molecule has 3 aromatic carbocycles. The minimum absolute atomic E-state index is 0.138. The molecular weight excluding hydrogens is 522 g/mol. The van der Waals surface area contributed by atoms with Crippen molar-refractivity contribution in [3.63, 3.8) is 0 Å². The van der Waals surface area contributed by atoms with Crippen LogP contribution < -0.4 is 15.0 Å². The van der Waals surface area contributed by atoms with Crippen molar-refractivity contribution in [3.05, 3.63) is 101 Å². The zero-order valence-corrected chi connectivity index (χ0v) is 23.3. The molecule has 4 rings (SSSR count). The fraction of sp³-hybridized carbons (Fsp3) is 0.250. The zero-order chi connectivity index (χ0) is 29.0. The highest BCUT2D eigenvalue weighted by Gasteiger charge is 2.13. The average Bonchev–Trinajstić information content (AvgIpc) is 3.42. The molecule has 3 N–H and O–H groups in total. The summed E-state index contributed by atoms with van der Waals surface area (Å²) in [6, 6.07) is 21.4. The number of hydrogen-bond acceptors (Lipinski definition) is 7. The van der Waals surface area contributed by atoms with Gasteiger partial charge in [-0.15, -0.1) is 0 Å². The second-order valence-corrected chi connectivity index (χ2v) is 9.52. The average molecular weight is 558 g/mol. The molecule has 0 aliphatic rings. The summed E-state index contributed by atoms with van der Waals surface area (Å²) in [6.07, 6.45) is 5.91. The minimum Gasteiger partial charge on any atom is -0.493 e. The quantitative estimate of drug-likeness (QED) is 0.0903. The molecular formula is C32H35N3O6. The van der Waals surface area contributed by atoms with Crippen LogP contribution in [0.3, 0.4) is 0 Å². The number of carbonyl (C=O) groups is 2. The lowest BCUT2D eigenvalue weighted by atomic mass is 10.1. The number of hydroxylamine groups is 1. The van der Waals surface area contributed by atoms with Gasteiger partial charge >= 0.3 is 5.97 Å². The number of aromatic amines is 1. The van der Waals surface area contributed by atoms with Crippen molar-refractivity contribution in [2.45, 2.75) is 19.4 Å². The molecule has 0 atom stereocenters. The summed E-state index contributed by atoms with van der Waals surface area (Å²) in [4.78, 5) is 29.4. The SMILES string of the molecule is COc1ccc(CC(=O)OCCN(CCc2c[nH]c3ccccc23)Cc2ccc(/C=C/C(=O)NO)cc2)cc1OC. The number of methoxy groups -OCH3 is 2. The summed E-state index contributed by atoms with van der Waals surface area (Å²) in [5.74, 6) is 0.282. The van der Waals surface area contributed by atoms with E-state index in [-0.39, 0.29) is 19.0 Å². The first kappa shape index (κ1) is 29.4. The number of rotatable bonds is 14. The molecule has 0 fully saturated rings. The Morgan fingerprint density at radius 1 is 0.951 bits per heavy atom. The number of H-pyrrole nitrogens is 1. The van der Waals surface area contributed by atoms with E-state index in [1.54, 1.807) is 37.9 Å². The van der Waals surface area contributed by atoms with Crippen LogP contribution in [-0.2, 0) is 33.7 Å². The molecule has 0 unspecified atom stereocenters. The maximum Gasteiger partial charge on any atom is 0.310 e. The highest BCUT2D eigenvalue weighted by molar-refractivity contribution is 5.90. The Balaban J connectivity index is 1.38. The van der Waals surface area contributed by atoms with Gasteiger partial charge < -0.3 is 19.2 Å². The van der Waals surface area contributed by atoms with Gasteiger partial charge in [-0.05, 0) is 52.9 Å². The fourth-order valence-electron chi connectivity index (χ4n) is 4.59. The first-order chi connectivity index (χ1) is 20.0. The van der Waals surface area contributed by atoms with Crippen molar-refractivity contribution in [3.8, 4) is 11.5 Å². The van der Waals surface area contributed by atoms with E-state index in [1.165, 1.54) is 17.0 Å². The van der Waals surface area contributed by atoms with Gasteiger partial charge in [0.25, 0.3) is 5.91 Å². The maximum atomic E-state index is 12.6. The van der Waals surface area contributed by atoms with Gasteiger partial charge in [0.1, 0.15) is 6.61 Å². The van der Waals surface area contributed by atoms with Crippen LogP contribution in [0.5, 0.6) is 11.5 Å². The van der Waals surface area contributed by atoms with Crippen molar-refractivity contribution < 1.29 is 29.0 Å². The van der Waals surface area contributed by atoms with Crippen LogP contribution in [-0.4, -0.2) is 60.9 Å². The number of amides is 1. The number of nitrogens with one attached hydrogen (secondary N) is 2. The molecule has 0 saturated carbocycles. The first-order valence-corrected chi connectivity index (χ1v) is 13.3. The second-order valence-electron chi connectivity index (χ2n) is 9.52. The first-order valence-electron chi connectivity index (χ1n) is 13.3. The number of para-hydroxylation sites is 1. The third-order valence-corrected chi connectivity index (χ3v) is 6.76. The van der Waals surface area contributed by atoms with Gasteiger partial charge in [0, 0.05) is 42.8 Å². The monoisotopic (exact) mass is 557 g/mol. The van der Waals surface area contributed by atoms with Crippen molar-refractivity contribution in [2.24, 2.45) is 0 Å². The van der Waals surface area contributed by atoms with Crippen molar-refractivity contribution in [1.82, 2.24) is 15.4 Å². The van der Waals surface area contributed by atoms with Gasteiger partial charge in [-0.1, -0.05) is 48.5 Å². The van der Waals surface area contributed by atoms with E-state index in [4.69, 9.17) is 19.4 Å². The Hall–Kier alpha value is -4.60. The van der Waals surface area contributed by atoms with Gasteiger partial charge in [-0.3, -0.25) is 19.7 Å². The van der Waals surface area contributed by atoms with Crippen LogP contribution >= 0.6 is 0 Å². The number of aromatic nitrogens is 1. The Bertz CT molecular complexity index is 1480. The van der Waals surface area contributed by atoms with Gasteiger partial charge in [0.05, 0.1) is 20.6 Å². The summed E-state index contributed by atoms with van der Waals surface area (Å²) in [7, 11) is 3.13. The molecule has 9 heteroatoms.